The number of guanidine groups is 1. The lowest BCUT2D eigenvalue weighted by molar-refractivity contribution is 0.198. The molecule has 30 heavy (non-hydrogen) atoms. The zero-order chi connectivity index (χ0) is 19.9. The van der Waals surface area contributed by atoms with Gasteiger partial charge in [-0.15, -0.1) is 24.0 Å². The zero-order valence-corrected chi connectivity index (χ0v) is 20.0. The van der Waals surface area contributed by atoms with Gasteiger partial charge < -0.3 is 15.4 Å². The molecule has 4 rings (SSSR count). The van der Waals surface area contributed by atoms with Crippen molar-refractivity contribution in [3.8, 4) is 5.75 Å². The number of fused-ring (bicyclic) bond motifs is 1. The predicted octanol–water partition coefficient (Wildman–Crippen LogP) is 3.83. The number of ether oxygens (including phenoxy) is 1. The highest BCUT2D eigenvalue weighted by Crippen LogP contribution is 2.28. The third-order valence-electron chi connectivity index (χ3n) is 5.69. The van der Waals surface area contributed by atoms with Crippen molar-refractivity contribution in [1.29, 1.82) is 0 Å². The molecule has 2 aliphatic rings. The second kappa shape index (κ2) is 11.6. The fourth-order valence-electron chi connectivity index (χ4n) is 4.14. The van der Waals surface area contributed by atoms with Gasteiger partial charge in [0.25, 0.3) is 0 Å². The second-order valence-corrected chi connectivity index (χ2v) is 7.95. The number of halogens is 1. The number of nitrogens with one attached hydrogen (secondary N) is 2. The molecule has 1 saturated heterocycles. The van der Waals surface area contributed by atoms with Crippen molar-refractivity contribution in [1.82, 2.24) is 15.5 Å². The molecule has 2 N–H and O–H groups in total. The van der Waals surface area contributed by atoms with E-state index in [0.717, 1.165) is 57.2 Å². The van der Waals surface area contributed by atoms with Crippen LogP contribution in [0, 0.1) is 0 Å². The van der Waals surface area contributed by atoms with Crippen molar-refractivity contribution in [2.24, 2.45) is 4.99 Å². The molecule has 1 unspecified atom stereocenters. The van der Waals surface area contributed by atoms with E-state index in [-0.39, 0.29) is 30.1 Å². The summed E-state index contributed by atoms with van der Waals surface area (Å²) in [6.45, 7) is 6.93. The highest BCUT2D eigenvalue weighted by Gasteiger charge is 2.23. The van der Waals surface area contributed by atoms with Gasteiger partial charge in [-0.1, -0.05) is 48.5 Å². The van der Waals surface area contributed by atoms with Crippen LogP contribution in [0.1, 0.15) is 30.9 Å². The van der Waals surface area contributed by atoms with Crippen molar-refractivity contribution < 1.29 is 4.74 Å². The molecule has 2 heterocycles. The Labute approximate surface area is 197 Å². The number of rotatable bonds is 6. The molecule has 0 amide bonds. The van der Waals surface area contributed by atoms with Crippen molar-refractivity contribution in [2.45, 2.75) is 44.9 Å². The van der Waals surface area contributed by atoms with Gasteiger partial charge in [0, 0.05) is 38.6 Å². The van der Waals surface area contributed by atoms with Gasteiger partial charge in [-0.2, -0.15) is 0 Å². The van der Waals surface area contributed by atoms with Crippen LogP contribution in [0.5, 0.6) is 5.75 Å². The lowest BCUT2D eigenvalue weighted by Crippen LogP contribution is -2.48. The third-order valence-corrected chi connectivity index (χ3v) is 5.69. The van der Waals surface area contributed by atoms with E-state index in [9.17, 15) is 0 Å². The summed E-state index contributed by atoms with van der Waals surface area (Å²) in [7, 11) is 0. The quantitative estimate of drug-likeness (QED) is 0.346. The van der Waals surface area contributed by atoms with E-state index in [1.54, 1.807) is 0 Å². The first-order chi connectivity index (χ1) is 14.3. The normalized spacial score (nSPS) is 19.5. The maximum Gasteiger partial charge on any atom is 0.191 e. The van der Waals surface area contributed by atoms with E-state index >= 15 is 0 Å². The maximum absolute atomic E-state index is 6.03. The van der Waals surface area contributed by atoms with Crippen LogP contribution in [0.4, 0.5) is 0 Å². The average molecular weight is 520 g/mol. The molecule has 0 radical (unpaired) electrons. The first kappa shape index (κ1) is 22.9. The van der Waals surface area contributed by atoms with Gasteiger partial charge in [-0.05, 0) is 37.0 Å². The smallest absolute Gasteiger partial charge is 0.191 e. The van der Waals surface area contributed by atoms with Gasteiger partial charge in [-0.25, -0.2) is 4.99 Å². The van der Waals surface area contributed by atoms with E-state index in [0.29, 0.717) is 12.6 Å². The Bertz CT molecular complexity index is 781. The van der Waals surface area contributed by atoms with Crippen LogP contribution in [-0.2, 0) is 13.0 Å². The minimum atomic E-state index is 0. The Balaban J connectivity index is 0.00000256. The number of hydrogen-bond donors (Lipinski definition) is 2. The average Bonchev–Trinajstić information content (AvgIpc) is 3.17. The lowest BCUT2D eigenvalue weighted by Gasteiger charge is -2.33. The number of para-hydroxylation sites is 1. The van der Waals surface area contributed by atoms with Gasteiger partial charge in [0.15, 0.2) is 5.96 Å². The number of hydrogen-bond acceptors (Lipinski definition) is 3. The highest BCUT2D eigenvalue weighted by atomic mass is 127. The van der Waals surface area contributed by atoms with Crippen LogP contribution in [0.15, 0.2) is 59.6 Å². The van der Waals surface area contributed by atoms with Gasteiger partial charge in [0.1, 0.15) is 11.9 Å². The molecule has 0 saturated carbocycles. The van der Waals surface area contributed by atoms with E-state index in [2.05, 4.69) is 64.9 Å². The van der Waals surface area contributed by atoms with E-state index in [4.69, 9.17) is 9.73 Å². The van der Waals surface area contributed by atoms with Crippen molar-refractivity contribution in [3.63, 3.8) is 0 Å². The number of aliphatic imine (C=N–C) groups is 1. The van der Waals surface area contributed by atoms with Gasteiger partial charge in [0.05, 0.1) is 6.54 Å². The van der Waals surface area contributed by atoms with E-state index in [1.165, 1.54) is 11.1 Å². The molecular formula is C24H33IN4O. The molecule has 2 aromatic rings. The molecular weight excluding hydrogens is 487 g/mol. The van der Waals surface area contributed by atoms with Crippen LogP contribution in [0.3, 0.4) is 0 Å². The largest absolute Gasteiger partial charge is 0.488 e. The summed E-state index contributed by atoms with van der Waals surface area (Å²) in [6.07, 6.45) is 3.36. The Hall–Kier alpha value is -1.80. The first-order valence-electron chi connectivity index (χ1n) is 10.9. The van der Waals surface area contributed by atoms with E-state index < -0.39 is 0 Å². The van der Waals surface area contributed by atoms with Crippen LogP contribution in [0.2, 0.25) is 0 Å². The molecule has 2 aliphatic heterocycles. The van der Waals surface area contributed by atoms with E-state index in [1.807, 2.05) is 12.1 Å². The summed E-state index contributed by atoms with van der Waals surface area (Å²) in [6, 6.07) is 19.5. The Morgan fingerprint density at radius 3 is 2.53 bits per heavy atom. The molecule has 2 aromatic carbocycles. The summed E-state index contributed by atoms with van der Waals surface area (Å²) in [5.74, 6) is 1.92. The molecule has 0 aliphatic carbocycles. The maximum atomic E-state index is 6.03. The summed E-state index contributed by atoms with van der Waals surface area (Å²) in [5, 5.41) is 7.04. The molecule has 0 aromatic heterocycles. The molecule has 1 atom stereocenters. The summed E-state index contributed by atoms with van der Waals surface area (Å²) in [5.41, 5.74) is 2.68. The van der Waals surface area contributed by atoms with Crippen molar-refractivity contribution in [2.75, 3.05) is 26.2 Å². The summed E-state index contributed by atoms with van der Waals surface area (Å²) >= 11 is 0. The standard InChI is InChI=1S/C24H32N4O.HI/c1-2-25-24(26-17-22-16-20-10-6-7-11-23(20)29-22)27-21-12-14-28(15-13-21)18-19-8-4-3-5-9-19;/h3-11,21-22H,2,12-18H2,1H3,(H2,25,26,27);1H. The first-order valence-corrected chi connectivity index (χ1v) is 10.9. The highest BCUT2D eigenvalue weighted by molar-refractivity contribution is 14.0. The lowest BCUT2D eigenvalue weighted by atomic mass is 10.0. The van der Waals surface area contributed by atoms with Crippen LogP contribution in [-0.4, -0.2) is 49.2 Å². The van der Waals surface area contributed by atoms with Crippen LogP contribution < -0.4 is 15.4 Å². The van der Waals surface area contributed by atoms with Gasteiger partial charge >= 0.3 is 0 Å². The summed E-state index contributed by atoms with van der Waals surface area (Å²) in [4.78, 5) is 7.36. The number of piperidine rings is 1. The predicted molar refractivity (Wildman–Crippen MR) is 134 cm³/mol. The Morgan fingerprint density at radius 1 is 1.07 bits per heavy atom. The fraction of sp³-hybridized carbons (Fsp3) is 0.458. The Kier molecular flexibility index (Phi) is 8.81. The molecule has 0 spiro atoms. The number of benzene rings is 2. The summed E-state index contributed by atoms with van der Waals surface area (Å²) < 4.78 is 6.03. The van der Waals surface area contributed by atoms with Crippen molar-refractivity contribution in [3.05, 3.63) is 65.7 Å². The number of nitrogens with zero attached hydrogens (tertiary/aromatic N) is 2. The van der Waals surface area contributed by atoms with Crippen LogP contribution in [0.25, 0.3) is 0 Å². The van der Waals surface area contributed by atoms with Gasteiger partial charge in [0.2, 0.25) is 0 Å². The minimum Gasteiger partial charge on any atom is -0.488 e. The Morgan fingerprint density at radius 2 is 1.80 bits per heavy atom. The molecule has 6 heteroatoms. The third kappa shape index (κ3) is 6.35. The second-order valence-electron chi connectivity index (χ2n) is 7.95. The topological polar surface area (TPSA) is 48.9 Å². The van der Waals surface area contributed by atoms with Crippen LogP contribution >= 0.6 is 24.0 Å². The zero-order valence-electron chi connectivity index (χ0n) is 17.7. The SMILES string of the molecule is CCNC(=NCC1Cc2ccccc2O1)NC1CCN(Cc2ccccc2)CC1.I. The molecule has 0 bridgehead atoms. The fourth-order valence-corrected chi connectivity index (χ4v) is 4.14. The molecule has 1 fully saturated rings. The van der Waals surface area contributed by atoms with Crippen molar-refractivity contribution >= 4 is 29.9 Å². The molecule has 162 valence electrons. The number of likely N-dealkylation sites (tertiary alicyclic amines) is 1. The monoisotopic (exact) mass is 520 g/mol. The molecule has 5 nitrogen and oxygen atoms in total. The minimum absolute atomic E-state index is 0. The van der Waals surface area contributed by atoms with Gasteiger partial charge in [-0.3, -0.25) is 4.90 Å².